The minimum absolute atomic E-state index is 0.337. The molecule has 2 N–H and O–H groups in total. The van der Waals surface area contributed by atoms with Gasteiger partial charge in [0.2, 0.25) is 0 Å². The summed E-state index contributed by atoms with van der Waals surface area (Å²) >= 11 is 0. The molecule has 2 atom stereocenters. The molecule has 0 aliphatic carbocycles. The zero-order valence-corrected chi connectivity index (χ0v) is 12.8. The summed E-state index contributed by atoms with van der Waals surface area (Å²) in [4.78, 5) is 2.60. The summed E-state index contributed by atoms with van der Waals surface area (Å²) in [6.45, 7) is 9.19. The first kappa shape index (κ1) is 15.3. The summed E-state index contributed by atoms with van der Waals surface area (Å²) in [6, 6.07) is 8.03. The summed E-state index contributed by atoms with van der Waals surface area (Å²) < 4.78 is 0. The van der Waals surface area contributed by atoms with Gasteiger partial charge >= 0.3 is 0 Å². The second-order valence-corrected chi connectivity index (χ2v) is 6.04. The molecule has 112 valence electrons. The van der Waals surface area contributed by atoms with Crippen molar-refractivity contribution >= 4 is 0 Å². The highest BCUT2D eigenvalue weighted by Gasteiger charge is 2.23. The van der Waals surface area contributed by atoms with Gasteiger partial charge in [0.25, 0.3) is 0 Å². The van der Waals surface area contributed by atoms with Crippen LogP contribution in [0, 0.1) is 5.92 Å². The first-order chi connectivity index (χ1) is 9.69. The second-order valence-electron chi connectivity index (χ2n) is 6.04. The smallest absolute Gasteiger partial charge is 0.115 e. The fourth-order valence-corrected chi connectivity index (χ4v) is 3.08. The standard InChI is InChI=1S/C17H28N2O/c1-3-10-19-11-4-5-16(13-19)14(2)18-12-15-6-8-17(20)9-7-15/h6-9,14,16,18,20H,3-5,10-13H2,1-2H3. The van der Waals surface area contributed by atoms with E-state index in [1.165, 1.54) is 44.5 Å². The molecule has 1 aromatic carbocycles. The van der Waals surface area contributed by atoms with Crippen LogP contribution in [-0.2, 0) is 6.54 Å². The lowest BCUT2D eigenvalue weighted by atomic mass is 9.91. The Labute approximate surface area is 123 Å². The molecule has 0 aromatic heterocycles. The van der Waals surface area contributed by atoms with Gasteiger partial charge in [-0.25, -0.2) is 0 Å². The van der Waals surface area contributed by atoms with Crippen LogP contribution in [-0.4, -0.2) is 35.7 Å². The van der Waals surface area contributed by atoms with Crippen molar-refractivity contribution < 1.29 is 5.11 Å². The lowest BCUT2D eigenvalue weighted by Crippen LogP contribution is -2.44. The molecule has 1 fully saturated rings. The number of rotatable bonds is 6. The molecule has 0 radical (unpaired) electrons. The van der Waals surface area contributed by atoms with Gasteiger partial charge in [-0.15, -0.1) is 0 Å². The number of nitrogens with zero attached hydrogens (tertiary/aromatic N) is 1. The van der Waals surface area contributed by atoms with Crippen molar-refractivity contribution in [1.82, 2.24) is 10.2 Å². The van der Waals surface area contributed by atoms with Crippen molar-refractivity contribution in [2.24, 2.45) is 5.92 Å². The highest BCUT2D eigenvalue weighted by molar-refractivity contribution is 5.25. The monoisotopic (exact) mass is 276 g/mol. The van der Waals surface area contributed by atoms with Gasteiger partial charge in [-0.1, -0.05) is 19.1 Å². The van der Waals surface area contributed by atoms with Gasteiger partial charge in [0.05, 0.1) is 0 Å². The van der Waals surface area contributed by atoms with E-state index in [2.05, 4.69) is 24.1 Å². The predicted molar refractivity (Wildman–Crippen MR) is 83.9 cm³/mol. The van der Waals surface area contributed by atoms with Crippen LogP contribution in [0.2, 0.25) is 0 Å². The summed E-state index contributed by atoms with van der Waals surface area (Å²) in [5.74, 6) is 1.09. The van der Waals surface area contributed by atoms with Crippen LogP contribution >= 0.6 is 0 Å². The second kappa shape index (κ2) is 7.65. The van der Waals surface area contributed by atoms with Crippen LogP contribution < -0.4 is 5.32 Å². The Hall–Kier alpha value is -1.06. The zero-order chi connectivity index (χ0) is 14.4. The van der Waals surface area contributed by atoms with E-state index in [1.807, 2.05) is 12.1 Å². The molecule has 0 spiro atoms. The molecule has 1 aliphatic heterocycles. The number of hydrogen-bond acceptors (Lipinski definition) is 3. The fraction of sp³-hybridized carbons (Fsp3) is 0.647. The molecule has 0 saturated carbocycles. The van der Waals surface area contributed by atoms with Crippen molar-refractivity contribution in [2.75, 3.05) is 19.6 Å². The number of hydrogen-bond donors (Lipinski definition) is 2. The Kier molecular flexibility index (Phi) is 5.86. The average Bonchev–Trinajstić information content (AvgIpc) is 2.47. The van der Waals surface area contributed by atoms with Crippen LogP contribution in [0.25, 0.3) is 0 Å². The van der Waals surface area contributed by atoms with Crippen LogP contribution in [0.15, 0.2) is 24.3 Å². The zero-order valence-electron chi connectivity index (χ0n) is 12.8. The largest absolute Gasteiger partial charge is 0.508 e. The van der Waals surface area contributed by atoms with E-state index in [1.54, 1.807) is 12.1 Å². The third kappa shape index (κ3) is 4.50. The van der Waals surface area contributed by atoms with E-state index in [-0.39, 0.29) is 0 Å². The van der Waals surface area contributed by atoms with Crippen molar-refractivity contribution in [3.05, 3.63) is 29.8 Å². The molecular weight excluding hydrogens is 248 g/mol. The molecule has 1 saturated heterocycles. The Morgan fingerprint density at radius 1 is 1.35 bits per heavy atom. The third-order valence-electron chi connectivity index (χ3n) is 4.35. The number of nitrogens with one attached hydrogen (secondary N) is 1. The molecule has 1 heterocycles. The Bertz CT molecular complexity index is 388. The first-order valence-corrected chi connectivity index (χ1v) is 7.92. The number of likely N-dealkylation sites (tertiary alicyclic amines) is 1. The Morgan fingerprint density at radius 2 is 2.10 bits per heavy atom. The van der Waals surface area contributed by atoms with Crippen molar-refractivity contribution in [2.45, 2.75) is 45.7 Å². The number of phenolic OH excluding ortho intramolecular Hbond substituents is 1. The number of phenols is 1. The van der Waals surface area contributed by atoms with E-state index in [0.29, 0.717) is 11.8 Å². The molecular formula is C17H28N2O. The van der Waals surface area contributed by atoms with Gasteiger partial charge in [-0.05, 0) is 62.9 Å². The van der Waals surface area contributed by atoms with E-state index < -0.39 is 0 Å². The lowest BCUT2D eigenvalue weighted by Gasteiger charge is -2.36. The van der Waals surface area contributed by atoms with Crippen molar-refractivity contribution in [1.29, 1.82) is 0 Å². The first-order valence-electron chi connectivity index (χ1n) is 7.92. The van der Waals surface area contributed by atoms with Crippen molar-refractivity contribution in [3.63, 3.8) is 0 Å². The maximum Gasteiger partial charge on any atom is 0.115 e. The summed E-state index contributed by atoms with van der Waals surface area (Å²) in [5.41, 5.74) is 1.23. The molecule has 3 heteroatoms. The summed E-state index contributed by atoms with van der Waals surface area (Å²) in [6.07, 6.45) is 3.92. The Balaban J connectivity index is 1.79. The summed E-state index contributed by atoms with van der Waals surface area (Å²) in [7, 11) is 0. The molecule has 0 amide bonds. The SMILES string of the molecule is CCCN1CCCC(C(C)NCc2ccc(O)cc2)C1. The highest BCUT2D eigenvalue weighted by Crippen LogP contribution is 2.20. The molecule has 2 unspecified atom stereocenters. The lowest BCUT2D eigenvalue weighted by molar-refractivity contribution is 0.150. The van der Waals surface area contributed by atoms with E-state index in [4.69, 9.17) is 0 Å². The number of aromatic hydroxyl groups is 1. The van der Waals surface area contributed by atoms with Crippen LogP contribution in [0.5, 0.6) is 5.75 Å². The summed E-state index contributed by atoms with van der Waals surface area (Å²) in [5, 5.41) is 12.9. The van der Waals surface area contributed by atoms with E-state index >= 15 is 0 Å². The number of piperidine rings is 1. The van der Waals surface area contributed by atoms with E-state index in [9.17, 15) is 5.11 Å². The Morgan fingerprint density at radius 3 is 2.80 bits per heavy atom. The average molecular weight is 276 g/mol. The fourth-order valence-electron chi connectivity index (χ4n) is 3.08. The maximum atomic E-state index is 9.29. The number of benzene rings is 1. The molecule has 1 aromatic rings. The van der Waals surface area contributed by atoms with Gasteiger partial charge in [0.15, 0.2) is 0 Å². The molecule has 1 aliphatic rings. The quantitative estimate of drug-likeness (QED) is 0.838. The predicted octanol–water partition coefficient (Wildman–Crippen LogP) is 2.99. The van der Waals surface area contributed by atoms with Gasteiger partial charge in [0.1, 0.15) is 5.75 Å². The van der Waals surface area contributed by atoms with Gasteiger partial charge in [-0.2, -0.15) is 0 Å². The molecule has 3 nitrogen and oxygen atoms in total. The van der Waals surface area contributed by atoms with Gasteiger partial charge in [0, 0.05) is 19.1 Å². The minimum Gasteiger partial charge on any atom is -0.508 e. The van der Waals surface area contributed by atoms with Crippen molar-refractivity contribution in [3.8, 4) is 5.75 Å². The normalized spacial score (nSPS) is 21.8. The minimum atomic E-state index is 0.337. The highest BCUT2D eigenvalue weighted by atomic mass is 16.3. The van der Waals surface area contributed by atoms with Crippen LogP contribution in [0.4, 0.5) is 0 Å². The molecule has 0 bridgehead atoms. The maximum absolute atomic E-state index is 9.29. The van der Waals surface area contributed by atoms with Gasteiger partial charge in [-0.3, -0.25) is 0 Å². The molecule has 2 rings (SSSR count). The molecule has 20 heavy (non-hydrogen) atoms. The van der Waals surface area contributed by atoms with E-state index in [0.717, 1.165) is 12.5 Å². The third-order valence-corrected chi connectivity index (χ3v) is 4.35. The van der Waals surface area contributed by atoms with Crippen LogP contribution in [0.3, 0.4) is 0 Å². The van der Waals surface area contributed by atoms with Crippen LogP contribution in [0.1, 0.15) is 38.7 Å². The van der Waals surface area contributed by atoms with Gasteiger partial charge < -0.3 is 15.3 Å². The topological polar surface area (TPSA) is 35.5 Å².